The van der Waals surface area contributed by atoms with Crippen LogP contribution in [-0.2, 0) is 11.2 Å². The zero-order chi connectivity index (χ0) is 17.5. The lowest BCUT2D eigenvalue weighted by molar-refractivity contribution is -0.0147. The van der Waals surface area contributed by atoms with E-state index in [1.54, 1.807) is 5.56 Å². The van der Waals surface area contributed by atoms with Crippen LogP contribution in [0, 0.1) is 11.8 Å². The predicted molar refractivity (Wildman–Crippen MR) is 107 cm³/mol. The fraction of sp³-hybridized carbons (Fsp3) is 0.667. The molecule has 0 amide bonds. The first-order valence-electron chi connectivity index (χ1n) is 10.6. The van der Waals surface area contributed by atoms with Crippen LogP contribution in [0.1, 0.15) is 82.3 Å². The monoisotopic (exact) mass is 340 g/mol. The van der Waals surface area contributed by atoms with Gasteiger partial charge in [0.2, 0.25) is 0 Å². The molecule has 4 atom stereocenters. The topological polar surface area (TPSA) is 9.23 Å². The molecule has 0 aliphatic heterocycles. The van der Waals surface area contributed by atoms with Crippen molar-refractivity contribution in [2.75, 3.05) is 6.61 Å². The van der Waals surface area contributed by atoms with E-state index < -0.39 is 0 Å². The van der Waals surface area contributed by atoms with Crippen molar-refractivity contribution < 1.29 is 4.74 Å². The number of allylic oxidation sites excluding steroid dienone is 2. The lowest BCUT2D eigenvalue weighted by atomic mass is 9.65. The number of fused-ring (bicyclic) bond motifs is 1. The highest BCUT2D eigenvalue weighted by molar-refractivity contribution is 5.26. The van der Waals surface area contributed by atoms with Crippen LogP contribution < -0.4 is 0 Å². The molecule has 0 radical (unpaired) electrons. The Morgan fingerprint density at radius 2 is 1.76 bits per heavy atom. The summed E-state index contributed by atoms with van der Waals surface area (Å²) in [7, 11) is 0. The molecular weight excluding hydrogens is 304 g/mol. The van der Waals surface area contributed by atoms with Crippen molar-refractivity contribution in [2.45, 2.75) is 83.7 Å². The number of hydrogen-bond acceptors (Lipinski definition) is 1. The Morgan fingerprint density at radius 1 is 1.00 bits per heavy atom. The number of hydrogen-bond donors (Lipinski definition) is 0. The van der Waals surface area contributed by atoms with Crippen molar-refractivity contribution in [3.05, 3.63) is 47.5 Å². The molecule has 2 fully saturated rings. The fourth-order valence-electron chi connectivity index (χ4n) is 4.96. The lowest BCUT2D eigenvalue weighted by Gasteiger charge is -2.42. The Labute approximate surface area is 154 Å². The van der Waals surface area contributed by atoms with Crippen LogP contribution in [-0.4, -0.2) is 12.7 Å². The summed E-state index contributed by atoms with van der Waals surface area (Å²) in [6, 6.07) is 9.54. The number of aryl methyl sites for hydroxylation is 1. The minimum atomic E-state index is 0.550. The van der Waals surface area contributed by atoms with Gasteiger partial charge in [-0.3, -0.25) is 0 Å². The molecule has 1 heteroatoms. The molecule has 0 spiro atoms. The molecule has 0 aromatic heterocycles. The molecule has 138 valence electrons. The average molecular weight is 341 g/mol. The fourth-order valence-corrected chi connectivity index (χ4v) is 4.96. The molecule has 3 rings (SSSR count). The molecule has 2 aliphatic carbocycles. The maximum atomic E-state index is 6.04. The van der Waals surface area contributed by atoms with Gasteiger partial charge in [0.05, 0.1) is 6.10 Å². The van der Waals surface area contributed by atoms with E-state index in [1.807, 2.05) is 0 Å². The van der Waals surface area contributed by atoms with E-state index >= 15 is 0 Å². The van der Waals surface area contributed by atoms with Gasteiger partial charge in [-0.05, 0) is 93.6 Å². The molecule has 4 unspecified atom stereocenters. The van der Waals surface area contributed by atoms with Crippen molar-refractivity contribution in [3.8, 4) is 0 Å². The quantitative estimate of drug-likeness (QED) is 0.503. The van der Waals surface area contributed by atoms with Crippen molar-refractivity contribution in [1.29, 1.82) is 0 Å². The Hall–Kier alpha value is -1.08. The van der Waals surface area contributed by atoms with Gasteiger partial charge in [-0.1, -0.05) is 43.3 Å². The van der Waals surface area contributed by atoms with E-state index in [2.05, 4.69) is 50.3 Å². The summed E-state index contributed by atoms with van der Waals surface area (Å²) >= 11 is 0. The first-order valence-corrected chi connectivity index (χ1v) is 10.6. The van der Waals surface area contributed by atoms with Crippen LogP contribution in [0.4, 0.5) is 0 Å². The standard InChI is InChI=1S/C24H36O/c1-3-5-6-7-19-8-10-20(11-9-19)21-12-13-23-18-24(25-16-4-2)15-14-22(23)17-21/h3,5,8-11,21-24H,4,6-7,12-18H2,1-2H3/b5-3+. The Kier molecular flexibility index (Phi) is 7.16. The highest BCUT2D eigenvalue weighted by Crippen LogP contribution is 2.46. The van der Waals surface area contributed by atoms with Crippen LogP contribution in [0.3, 0.4) is 0 Å². The Bertz CT molecular complexity index is 530. The number of benzene rings is 1. The van der Waals surface area contributed by atoms with Crippen LogP contribution in [0.2, 0.25) is 0 Å². The molecule has 2 aliphatic rings. The van der Waals surface area contributed by atoms with Gasteiger partial charge in [-0.25, -0.2) is 0 Å². The van der Waals surface area contributed by atoms with Gasteiger partial charge in [0.1, 0.15) is 0 Å². The van der Waals surface area contributed by atoms with Crippen molar-refractivity contribution in [3.63, 3.8) is 0 Å². The SMILES string of the molecule is C/C=C/CCc1ccc(C2CCC3CC(OCCC)CCC3C2)cc1. The van der Waals surface area contributed by atoms with Crippen LogP contribution in [0.15, 0.2) is 36.4 Å². The average Bonchev–Trinajstić information content (AvgIpc) is 2.66. The van der Waals surface area contributed by atoms with Gasteiger partial charge in [0.15, 0.2) is 0 Å². The van der Waals surface area contributed by atoms with E-state index in [4.69, 9.17) is 4.74 Å². The highest BCUT2D eigenvalue weighted by atomic mass is 16.5. The maximum absolute atomic E-state index is 6.04. The van der Waals surface area contributed by atoms with E-state index in [1.165, 1.54) is 50.5 Å². The zero-order valence-electron chi connectivity index (χ0n) is 16.3. The zero-order valence-corrected chi connectivity index (χ0v) is 16.3. The first-order chi connectivity index (χ1) is 12.3. The Morgan fingerprint density at radius 3 is 2.52 bits per heavy atom. The lowest BCUT2D eigenvalue weighted by Crippen LogP contribution is -2.33. The third-order valence-corrected chi connectivity index (χ3v) is 6.41. The minimum absolute atomic E-state index is 0.550. The number of ether oxygens (including phenoxy) is 1. The Balaban J connectivity index is 1.51. The van der Waals surface area contributed by atoms with Gasteiger partial charge in [0.25, 0.3) is 0 Å². The summed E-state index contributed by atoms with van der Waals surface area (Å²) in [4.78, 5) is 0. The van der Waals surface area contributed by atoms with Crippen molar-refractivity contribution in [2.24, 2.45) is 11.8 Å². The first kappa shape index (κ1) is 18.7. The second-order valence-corrected chi connectivity index (χ2v) is 8.19. The molecule has 0 heterocycles. The molecule has 0 N–H and O–H groups in total. The largest absolute Gasteiger partial charge is 0.378 e. The third kappa shape index (κ3) is 5.20. The summed E-state index contributed by atoms with van der Waals surface area (Å²) in [6.45, 7) is 5.26. The van der Waals surface area contributed by atoms with Gasteiger partial charge in [-0.2, -0.15) is 0 Å². The normalized spacial score (nSPS) is 29.7. The molecule has 0 saturated heterocycles. The summed E-state index contributed by atoms with van der Waals surface area (Å²) in [6.07, 6.45) is 16.6. The van der Waals surface area contributed by atoms with Crippen molar-refractivity contribution in [1.82, 2.24) is 0 Å². The summed E-state index contributed by atoms with van der Waals surface area (Å²) < 4.78 is 6.04. The van der Waals surface area contributed by atoms with E-state index in [0.29, 0.717) is 6.10 Å². The summed E-state index contributed by atoms with van der Waals surface area (Å²) in [5.41, 5.74) is 3.06. The smallest absolute Gasteiger partial charge is 0.0578 e. The molecule has 1 aromatic carbocycles. The van der Waals surface area contributed by atoms with Gasteiger partial charge < -0.3 is 4.74 Å². The minimum Gasteiger partial charge on any atom is -0.378 e. The van der Waals surface area contributed by atoms with E-state index in [9.17, 15) is 0 Å². The van der Waals surface area contributed by atoms with E-state index in [0.717, 1.165) is 37.2 Å². The van der Waals surface area contributed by atoms with Crippen LogP contribution in [0.25, 0.3) is 0 Å². The maximum Gasteiger partial charge on any atom is 0.0578 e. The van der Waals surface area contributed by atoms with Crippen LogP contribution >= 0.6 is 0 Å². The molecule has 0 bridgehead atoms. The van der Waals surface area contributed by atoms with Gasteiger partial charge >= 0.3 is 0 Å². The third-order valence-electron chi connectivity index (χ3n) is 6.41. The van der Waals surface area contributed by atoms with Gasteiger partial charge in [-0.15, -0.1) is 0 Å². The second kappa shape index (κ2) is 9.57. The van der Waals surface area contributed by atoms with Crippen LogP contribution in [0.5, 0.6) is 0 Å². The van der Waals surface area contributed by atoms with Gasteiger partial charge in [0, 0.05) is 6.61 Å². The molecule has 25 heavy (non-hydrogen) atoms. The summed E-state index contributed by atoms with van der Waals surface area (Å²) in [5.74, 6) is 2.65. The molecule has 1 aromatic rings. The van der Waals surface area contributed by atoms with E-state index in [-0.39, 0.29) is 0 Å². The second-order valence-electron chi connectivity index (χ2n) is 8.19. The van der Waals surface area contributed by atoms with Crippen molar-refractivity contribution >= 4 is 0 Å². The highest BCUT2D eigenvalue weighted by Gasteiger charge is 2.36. The summed E-state index contributed by atoms with van der Waals surface area (Å²) in [5, 5.41) is 0. The molecule has 1 nitrogen and oxygen atoms in total. The number of rotatable bonds is 7. The molecule has 2 saturated carbocycles. The predicted octanol–water partition coefficient (Wildman–Crippen LogP) is 6.67. The molecular formula is C24H36O.